The second kappa shape index (κ2) is 18.6. The lowest BCUT2D eigenvalue weighted by atomic mass is 9.33. The predicted molar refractivity (Wildman–Crippen MR) is 260 cm³/mol. The van der Waals surface area contributed by atoms with Crippen LogP contribution in [0.15, 0.2) is 11.6 Å². The molecule has 3 aliphatic heterocycles. The minimum Gasteiger partial charge on any atom is -0.481 e. The van der Waals surface area contributed by atoms with E-state index >= 15 is 0 Å². The molecule has 0 spiro atoms. The molecule has 8 aliphatic rings. The number of carbonyl (C=O) groups is 3. The molecule has 0 amide bonds. The molecule has 11 heteroatoms. The van der Waals surface area contributed by atoms with Gasteiger partial charge < -0.3 is 43.1 Å². The molecule has 24 atom stereocenters. The molecule has 0 bridgehead atoms. The van der Waals surface area contributed by atoms with Crippen molar-refractivity contribution >= 4 is 18.0 Å². The van der Waals surface area contributed by atoms with E-state index in [0.717, 1.165) is 44.9 Å². The number of aliphatic carboxylic acids is 1. The van der Waals surface area contributed by atoms with Crippen LogP contribution in [0.3, 0.4) is 0 Å². The van der Waals surface area contributed by atoms with E-state index in [0.29, 0.717) is 49.5 Å². The molecule has 3 heterocycles. The van der Waals surface area contributed by atoms with Crippen molar-refractivity contribution in [3.63, 3.8) is 0 Å². The van der Waals surface area contributed by atoms with Crippen molar-refractivity contribution in [3.8, 4) is 0 Å². The number of rotatable bonds is 11. The number of hydrogen-bond acceptors (Lipinski definition) is 10. The summed E-state index contributed by atoms with van der Waals surface area (Å²) in [6.07, 6.45) is 6.35. The Kier molecular flexibility index (Phi) is 14.4. The molecule has 11 nitrogen and oxygen atoms in total. The largest absolute Gasteiger partial charge is 0.481 e. The summed E-state index contributed by atoms with van der Waals surface area (Å²) in [5.41, 5.74) is -1.10. The van der Waals surface area contributed by atoms with Crippen LogP contribution in [0.5, 0.6) is 0 Å². The summed E-state index contributed by atoms with van der Waals surface area (Å²) in [6.45, 7) is 33.8. The number of carboxylic acids is 1. The second-order valence-electron chi connectivity index (χ2n) is 26.2. The molecule has 5 aliphatic carbocycles. The molecule has 0 aromatic rings. The molecule has 3 saturated heterocycles. The first-order valence-corrected chi connectivity index (χ1v) is 27.1. The zero-order valence-corrected chi connectivity index (χ0v) is 44.9. The number of hydrogen-bond donors (Lipinski definition) is 1. The maximum Gasteiger partial charge on any atom is 0.312 e. The summed E-state index contributed by atoms with van der Waals surface area (Å²) in [5, 5.41) is 11.1. The smallest absolute Gasteiger partial charge is 0.312 e. The van der Waals surface area contributed by atoms with E-state index in [4.69, 9.17) is 33.2 Å². The van der Waals surface area contributed by atoms with Gasteiger partial charge in [0.1, 0.15) is 23.9 Å². The highest BCUT2D eigenvalue weighted by atomic mass is 16.8. The molecule has 7 fully saturated rings. The zero-order valence-electron chi connectivity index (χ0n) is 44.9. The van der Waals surface area contributed by atoms with E-state index in [2.05, 4.69) is 96.1 Å². The highest BCUT2D eigenvalue weighted by molar-refractivity contribution is 5.81. The van der Waals surface area contributed by atoms with Crippen molar-refractivity contribution in [2.24, 2.45) is 91.7 Å². The van der Waals surface area contributed by atoms with Crippen molar-refractivity contribution in [1.29, 1.82) is 0 Å². The number of carboxylic acid groups (broad SMARTS) is 1. The Morgan fingerprint density at radius 3 is 2.06 bits per heavy atom. The zero-order chi connectivity index (χ0) is 49.8. The topological polar surface area (TPSA) is 136 Å². The Morgan fingerprint density at radius 2 is 1.43 bits per heavy atom. The van der Waals surface area contributed by atoms with Gasteiger partial charge in [0, 0.05) is 24.9 Å². The third kappa shape index (κ3) is 8.01. The summed E-state index contributed by atoms with van der Waals surface area (Å²) in [6, 6.07) is 0. The van der Waals surface area contributed by atoms with Gasteiger partial charge in [-0.2, -0.15) is 0 Å². The Hall–Kier alpha value is -1.73. The summed E-state index contributed by atoms with van der Waals surface area (Å²) < 4.78 is 48.2. The van der Waals surface area contributed by atoms with Crippen LogP contribution >= 0.6 is 0 Å². The molecular formula is C57H92O11. The van der Waals surface area contributed by atoms with E-state index in [-0.39, 0.29) is 69.1 Å². The third-order valence-electron chi connectivity index (χ3n) is 22.5. The number of ether oxygens (including phenoxy) is 7. The van der Waals surface area contributed by atoms with Gasteiger partial charge in [0.25, 0.3) is 0 Å². The highest BCUT2D eigenvalue weighted by Gasteiger charge is 2.72. The lowest BCUT2D eigenvalue weighted by Crippen LogP contribution is -2.68. The van der Waals surface area contributed by atoms with Crippen LogP contribution in [0, 0.1) is 91.7 Å². The highest BCUT2D eigenvalue weighted by Crippen LogP contribution is 2.76. The second-order valence-corrected chi connectivity index (χ2v) is 26.2. The first-order valence-electron chi connectivity index (χ1n) is 27.1. The van der Waals surface area contributed by atoms with Gasteiger partial charge in [-0.3, -0.25) is 9.59 Å². The Bertz CT molecular complexity index is 1920. The van der Waals surface area contributed by atoms with Crippen LogP contribution < -0.4 is 0 Å². The number of Topliss-reactive ketones (excluding diaryl/α,β-unsaturated/α-hetero) is 1. The monoisotopic (exact) mass is 953 g/mol. The maximum atomic E-state index is 14.1. The van der Waals surface area contributed by atoms with Crippen molar-refractivity contribution in [3.05, 3.63) is 11.6 Å². The molecule has 386 valence electrons. The van der Waals surface area contributed by atoms with Gasteiger partial charge in [0.2, 0.25) is 0 Å². The number of ketones is 1. The molecule has 0 aromatic carbocycles. The standard InChI is InChI=1S/C57H92O11/c1-17-40-33(5)32(4)35(7)49(64-40)68-47-46(67-48-34(6)31(3)30(2)28-63-48)36(8)45(37(9)59)66-50(47)65-43-21-22-53(12)41(54(43,13)29-58)20-23-55(14)42(53)19-18-38-39-26-52(10,11)24-25-57(39,51(60)61)44(62-16)27-56(38,55)15/h18,29-36,39-50H,17,19-28H2,1-16H3,(H,60,61)/t30-,31+,32+,33-,34?,35?,36-,39?,40?,41-,42?,43+,44?,45?,46+,47?,48+,49+,50-,53?,54-,55+,56-,57-/m1/s1. The summed E-state index contributed by atoms with van der Waals surface area (Å²) >= 11 is 0. The fraction of sp³-hybridized carbons (Fsp3) is 0.912. The minimum atomic E-state index is -1.02. The first kappa shape index (κ1) is 52.6. The predicted octanol–water partition coefficient (Wildman–Crippen LogP) is 11.1. The van der Waals surface area contributed by atoms with Crippen molar-refractivity contribution < 1.29 is 52.6 Å². The molecule has 4 saturated carbocycles. The van der Waals surface area contributed by atoms with Gasteiger partial charge in [0.05, 0.1) is 36.4 Å². The fourth-order valence-corrected chi connectivity index (χ4v) is 17.0. The van der Waals surface area contributed by atoms with Crippen LogP contribution in [0.4, 0.5) is 0 Å². The Morgan fingerprint density at radius 1 is 0.750 bits per heavy atom. The average Bonchev–Trinajstić information content (AvgIpc) is 3.28. The number of aldehydes is 1. The molecule has 9 unspecified atom stereocenters. The van der Waals surface area contributed by atoms with E-state index in [1.165, 1.54) is 11.9 Å². The molecular weight excluding hydrogens is 861 g/mol. The molecule has 8 rings (SSSR count). The van der Waals surface area contributed by atoms with Crippen LogP contribution in [0.25, 0.3) is 0 Å². The SMILES string of the molecule is CCC1O[C@@H](OC2[C@H](O[C@H]3CCC4(C)C5CC=C6C7CC(C)(C)CC[C@]7(C(=O)O)C(OC)C[C@@]6(C)[C@@]5(C)CC[C@H]4[C@@]3(C)C=O)OC(C(C)=O)[C@@H](C)[C@@H]2O[C@@H]2OC[C@@H](C)[C@H](C)C2C)C(C)[C@@H](C)[C@H]1C. The molecule has 1 N–H and O–H groups in total. The average molecular weight is 953 g/mol. The molecule has 68 heavy (non-hydrogen) atoms. The summed E-state index contributed by atoms with van der Waals surface area (Å²) in [4.78, 5) is 41.3. The van der Waals surface area contributed by atoms with Gasteiger partial charge in [-0.15, -0.1) is 0 Å². The van der Waals surface area contributed by atoms with E-state index < -0.39 is 66.2 Å². The van der Waals surface area contributed by atoms with Crippen LogP contribution in [0.2, 0.25) is 0 Å². The number of allylic oxidation sites excluding steroid dienone is 2. The van der Waals surface area contributed by atoms with Crippen LogP contribution in [-0.4, -0.2) is 92.4 Å². The van der Waals surface area contributed by atoms with Gasteiger partial charge in [0.15, 0.2) is 24.7 Å². The minimum absolute atomic E-state index is 0.00302. The number of fused-ring (bicyclic) bond motifs is 7. The van der Waals surface area contributed by atoms with Crippen LogP contribution in [0.1, 0.15) is 168 Å². The summed E-state index contributed by atoms with van der Waals surface area (Å²) in [7, 11) is 1.72. The van der Waals surface area contributed by atoms with Crippen molar-refractivity contribution in [1.82, 2.24) is 0 Å². The quantitative estimate of drug-likeness (QED) is 0.120. The van der Waals surface area contributed by atoms with Crippen molar-refractivity contribution in [2.75, 3.05) is 13.7 Å². The third-order valence-corrected chi connectivity index (χ3v) is 22.5. The number of methoxy groups -OCH3 is 1. The lowest BCUT2D eigenvalue weighted by Gasteiger charge is -2.71. The summed E-state index contributed by atoms with van der Waals surface area (Å²) in [5.74, 6) is 0.536. The van der Waals surface area contributed by atoms with Crippen LogP contribution in [-0.2, 0) is 47.5 Å². The van der Waals surface area contributed by atoms with Gasteiger partial charge in [-0.25, -0.2) is 0 Å². The normalized spacial score (nSPS) is 53.4. The lowest BCUT2D eigenvalue weighted by molar-refractivity contribution is -0.374. The maximum absolute atomic E-state index is 14.1. The van der Waals surface area contributed by atoms with E-state index in [1.54, 1.807) is 14.0 Å². The molecule has 0 radical (unpaired) electrons. The first-order chi connectivity index (χ1) is 31.8. The van der Waals surface area contributed by atoms with Crippen molar-refractivity contribution in [2.45, 2.75) is 224 Å². The molecule has 0 aromatic heterocycles. The Balaban J connectivity index is 1.13. The van der Waals surface area contributed by atoms with E-state index in [9.17, 15) is 19.5 Å². The van der Waals surface area contributed by atoms with E-state index in [1.807, 2.05) is 6.92 Å². The fourth-order valence-electron chi connectivity index (χ4n) is 17.0. The Labute approximate surface area is 410 Å². The van der Waals surface area contributed by atoms with Gasteiger partial charge in [-0.1, -0.05) is 109 Å². The number of carbonyl (C=O) groups excluding carboxylic acids is 2. The van der Waals surface area contributed by atoms with Gasteiger partial charge in [-0.05, 0) is 134 Å². The van der Waals surface area contributed by atoms with Gasteiger partial charge >= 0.3 is 5.97 Å².